The quantitative estimate of drug-likeness (QED) is 0.451. The summed E-state index contributed by atoms with van der Waals surface area (Å²) in [5, 5.41) is 6.63. The summed E-state index contributed by atoms with van der Waals surface area (Å²) in [5.74, 6) is 3.64. The van der Waals surface area contributed by atoms with Gasteiger partial charge in [-0.2, -0.15) is 0 Å². The molecule has 160 valence electrons. The van der Waals surface area contributed by atoms with Gasteiger partial charge in [-0.05, 0) is 29.3 Å². The molecule has 2 aromatic carbocycles. The average Bonchev–Trinajstić information content (AvgIpc) is 3.23. The Hall–Kier alpha value is -3.74. The molecule has 1 aromatic heterocycles. The zero-order chi connectivity index (χ0) is 21.5. The number of hydrogen-bond acceptors (Lipinski definition) is 5. The van der Waals surface area contributed by atoms with Crippen molar-refractivity contribution in [3.8, 4) is 23.1 Å². The van der Waals surface area contributed by atoms with Crippen molar-refractivity contribution in [3.05, 3.63) is 78.0 Å². The first kappa shape index (κ1) is 20.5. The van der Waals surface area contributed by atoms with Gasteiger partial charge in [-0.15, -0.1) is 0 Å². The van der Waals surface area contributed by atoms with Crippen molar-refractivity contribution in [1.29, 1.82) is 0 Å². The van der Waals surface area contributed by atoms with Crippen molar-refractivity contribution in [3.63, 3.8) is 0 Å². The summed E-state index contributed by atoms with van der Waals surface area (Å²) in [7, 11) is 3.38. The predicted octanol–water partition coefficient (Wildman–Crippen LogP) is 3.55. The van der Waals surface area contributed by atoms with Crippen LogP contribution in [-0.2, 0) is 13.0 Å². The number of benzene rings is 2. The SMILES string of the molecule is CN=C(NCc1ccc(Oc2cccc(OC)c2)nc1)NCC1Cc2ccccc2O1. The van der Waals surface area contributed by atoms with Crippen molar-refractivity contribution in [2.75, 3.05) is 20.7 Å². The van der Waals surface area contributed by atoms with Crippen molar-refractivity contribution < 1.29 is 14.2 Å². The van der Waals surface area contributed by atoms with Crippen LogP contribution in [0.1, 0.15) is 11.1 Å². The van der Waals surface area contributed by atoms with Crippen LogP contribution in [0.4, 0.5) is 0 Å². The zero-order valence-electron chi connectivity index (χ0n) is 17.7. The molecule has 4 rings (SSSR count). The Kier molecular flexibility index (Phi) is 6.52. The fourth-order valence-corrected chi connectivity index (χ4v) is 3.35. The maximum absolute atomic E-state index is 5.96. The van der Waals surface area contributed by atoms with E-state index in [0.717, 1.165) is 29.4 Å². The van der Waals surface area contributed by atoms with Gasteiger partial charge < -0.3 is 24.8 Å². The van der Waals surface area contributed by atoms with Crippen LogP contribution < -0.4 is 24.8 Å². The average molecular weight is 418 g/mol. The van der Waals surface area contributed by atoms with E-state index < -0.39 is 0 Å². The van der Waals surface area contributed by atoms with E-state index in [1.807, 2.05) is 54.6 Å². The number of aromatic nitrogens is 1. The van der Waals surface area contributed by atoms with Gasteiger partial charge in [0, 0.05) is 38.3 Å². The molecule has 1 aliphatic rings. The first-order valence-electron chi connectivity index (χ1n) is 10.2. The van der Waals surface area contributed by atoms with E-state index in [2.05, 4.69) is 26.7 Å². The lowest BCUT2D eigenvalue weighted by molar-refractivity contribution is 0.235. The fraction of sp³-hybridized carbons (Fsp3) is 0.250. The molecular formula is C24H26N4O3. The maximum atomic E-state index is 5.96. The molecule has 2 heterocycles. The Morgan fingerprint density at radius 1 is 1.10 bits per heavy atom. The van der Waals surface area contributed by atoms with Crippen LogP contribution in [0.5, 0.6) is 23.1 Å². The zero-order valence-corrected chi connectivity index (χ0v) is 17.7. The van der Waals surface area contributed by atoms with E-state index in [4.69, 9.17) is 14.2 Å². The third kappa shape index (κ3) is 5.45. The van der Waals surface area contributed by atoms with Crippen LogP contribution in [-0.4, -0.2) is 37.7 Å². The summed E-state index contributed by atoms with van der Waals surface area (Å²) < 4.78 is 17.0. The molecule has 0 amide bonds. The predicted molar refractivity (Wildman–Crippen MR) is 120 cm³/mol. The molecule has 2 N–H and O–H groups in total. The monoisotopic (exact) mass is 418 g/mol. The third-order valence-corrected chi connectivity index (χ3v) is 4.96. The van der Waals surface area contributed by atoms with Crippen molar-refractivity contribution in [2.24, 2.45) is 4.99 Å². The number of ether oxygens (including phenoxy) is 3. The maximum Gasteiger partial charge on any atom is 0.219 e. The van der Waals surface area contributed by atoms with Crippen molar-refractivity contribution in [1.82, 2.24) is 15.6 Å². The first-order chi connectivity index (χ1) is 15.2. The van der Waals surface area contributed by atoms with E-state index >= 15 is 0 Å². The molecule has 3 aromatic rings. The molecule has 1 atom stereocenters. The first-order valence-corrected chi connectivity index (χ1v) is 10.2. The number of guanidine groups is 1. The number of nitrogens with one attached hydrogen (secondary N) is 2. The minimum Gasteiger partial charge on any atom is -0.497 e. The topological polar surface area (TPSA) is 77.0 Å². The highest BCUT2D eigenvalue weighted by molar-refractivity contribution is 5.79. The molecule has 0 saturated carbocycles. The number of fused-ring (bicyclic) bond motifs is 1. The van der Waals surface area contributed by atoms with Crippen LogP contribution in [0.3, 0.4) is 0 Å². The second-order valence-electron chi connectivity index (χ2n) is 7.14. The smallest absolute Gasteiger partial charge is 0.219 e. The molecule has 1 aliphatic heterocycles. The number of nitrogens with zero attached hydrogens (tertiary/aromatic N) is 2. The normalized spacial score (nSPS) is 15.0. The molecule has 0 fully saturated rings. The lowest BCUT2D eigenvalue weighted by Gasteiger charge is -2.15. The second-order valence-corrected chi connectivity index (χ2v) is 7.14. The van der Waals surface area contributed by atoms with Crippen LogP contribution >= 0.6 is 0 Å². The molecule has 0 saturated heterocycles. The number of aliphatic imine (C=N–C) groups is 1. The molecule has 0 aliphatic carbocycles. The Balaban J connectivity index is 1.24. The fourth-order valence-electron chi connectivity index (χ4n) is 3.35. The summed E-state index contributed by atoms with van der Waals surface area (Å²) in [6.45, 7) is 1.28. The Labute approximate surface area is 182 Å². The molecule has 0 radical (unpaired) electrons. The van der Waals surface area contributed by atoms with Crippen LogP contribution in [0.25, 0.3) is 0 Å². The molecule has 1 unspecified atom stereocenters. The number of methoxy groups -OCH3 is 1. The van der Waals surface area contributed by atoms with E-state index in [-0.39, 0.29) is 6.10 Å². The molecular weight excluding hydrogens is 392 g/mol. The van der Waals surface area contributed by atoms with E-state index in [1.165, 1.54) is 5.56 Å². The summed E-state index contributed by atoms with van der Waals surface area (Å²) in [4.78, 5) is 8.67. The molecule has 7 heteroatoms. The van der Waals surface area contributed by atoms with Gasteiger partial charge in [0.05, 0.1) is 13.7 Å². The Bertz CT molecular complexity index is 1010. The highest BCUT2D eigenvalue weighted by atomic mass is 16.5. The van der Waals surface area contributed by atoms with Crippen LogP contribution in [0.2, 0.25) is 0 Å². The van der Waals surface area contributed by atoms with Crippen molar-refractivity contribution >= 4 is 5.96 Å². The summed E-state index contributed by atoms with van der Waals surface area (Å²) in [6.07, 6.45) is 2.79. The van der Waals surface area contributed by atoms with Crippen molar-refractivity contribution in [2.45, 2.75) is 19.1 Å². The molecule has 7 nitrogen and oxygen atoms in total. The highest BCUT2D eigenvalue weighted by Gasteiger charge is 2.22. The Morgan fingerprint density at radius 3 is 2.74 bits per heavy atom. The lowest BCUT2D eigenvalue weighted by atomic mass is 10.1. The standard InChI is InChI=1S/C24H26N4O3/c1-25-24(28-16-21-12-18-6-3-4-9-22(18)30-21)27-15-17-10-11-23(26-14-17)31-20-8-5-7-19(13-20)29-2/h3-11,13-14,21H,12,15-16H2,1-2H3,(H2,25,27,28). The van der Waals surface area contributed by atoms with Crippen LogP contribution in [0, 0.1) is 0 Å². The van der Waals surface area contributed by atoms with E-state index in [9.17, 15) is 0 Å². The lowest BCUT2D eigenvalue weighted by Crippen LogP contribution is -2.41. The summed E-state index contributed by atoms with van der Waals surface area (Å²) >= 11 is 0. The highest BCUT2D eigenvalue weighted by Crippen LogP contribution is 2.27. The number of rotatable bonds is 7. The van der Waals surface area contributed by atoms with Gasteiger partial charge in [0.15, 0.2) is 5.96 Å². The minimum absolute atomic E-state index is 0.102. The number of hydrogen-bond donors (Lipinski definition) is 2. The van der Waals surface area contributed by atoms with Gasteiger partial charge in [0.2, 0.25) is 5.88 Å². The molecule has 31 heavy (non-hydrogen) atoms. The third-order valence-electron chi connectivity index (χ3n) is 4.96. The largest absolute Gasteiger partial charge is 0.497 e. The van der Waals surface area contributed by atoms with Crippen LogP contribution in [0.15, 0.2) is 71.9 Å². The van der Waals surface area contributed by atoms with Gasteiger partial charge >= 0.3 is 0 Å². The number of para-hydroxylation sites is 1. The van der Waals surface area contributed by atoms with Gasteiger partial charge in [-0.1, -0.05) is 30.3 Å². The molecule has 0 bridgehead atoms. The van der Waals surface area contributed by atoms with Gasteiger partial charge in [-0.3, -0.25) is 4.99 Å². The van der Waals surface area contributed by atoms with E-state index in [1.54, 1.807) is 20.4 Å². The summed E-state index contributed by atoms with van der Waals surface area (Å²) in [5.41, 5.74) is 2.27. The Morgan fingerprint density at radius 2 is 1.97 bits per heavy atom. The van der Waals surface area contributed by atoms with E-state index in [0.29, 0.717) is 24.7 Å². The van der Waals surface area contributed by atoms with Gasteiger partial charge in [0.25, 0.3) is 0 Å². The molecule has 0 spiro atoms. The van der Waals surface area contributed by atoms with Gasteiger partial charge in [-0.25, -0.2) is 4.98 Å². The second kappa shape index (κ2) is 9.84. The van der Waals surface area contributed by atoms with Gasteiger partial charge in [0.1, 0.15) is 23.4 Å². The number of pyridine rings is 1. The summed E-state index contributed by atoms with van der Waals surface area (Å²) in [6, 6.07) is 19.4. The minimum atomic E-state index is 0.102.